The molecule has 3 fully saturated rings. The lowest BCUT2D eigenvalue weighted by atomic mass is 9.77. The number of benzene rings is 2. The molecule has 184 valence electrons. The molecule has 2 amide bonds. The van der Waals surface area contributed by atoms with Crippen LogP contribution in [0.15, 0.2) is 42.5 Å². The fraction of sp³-hybridized carbons (Fsp3) is 0.444. The molecule has 2 aromatic carbocycles. The molecule has 0 spiro atoms. The zero-order valence-electron chi connectivity index (χ0n) is 20.4. The molecule has 0 N–H and O–H groups in total. The maximum atomic E-state index is 13.5. The van der Waals surface area contributed by atoms with Crippen molar-refractivity contribution in [2.75, 3.05) is 34.4 Å². The number of ether oxygens (including phenoxy) is 3. The van der Waals surface area contributed by atoms with Gasteiger partial charge in [-0.3, -0.25) is 24.2 Å². The number of amides is 2. The van der Waals surface area contributed by atoms with Crippen LogP contribution in [0.25, 0.3) is 11.1 Å². The van der Waals surface area contributed by atoms with Crippen LogP contribution in [-0.4, -0.2) is 67.5 Å². The Bertz CT molecular complexity index is 1180. The van der Waals surface area contributed by atoms with E-state index in [1.807, 2.05) is 47.4 Å². The van der Waals surface area contributed by atoms with Gasteiger partial charge in [-0.2, -0.15) is 0 Å². The fourth-order valence-corrected chi connectivity index (χ4v) is 6.47. The van der Waals surface area contributed by atoms with Gasteiger partial charge in [0.1, 0.15) is 17.0 Å². The molecule has 8 nitrogen and oxygen atoms in total. The van der Waals surface area contributed by atoms with Crippen LogP contribution in [0.2, 0.25) is 0 Å². The second-order valence-corrected chi connectivity index (χ2v) is 9.27. The van der Waals surface area contributed by atoms with Crippen molar-refractivity contribution < 1.29 is 28.6 Å². The van der Waals surface area contributed by atoms with Crippen molar-refractivity contribution >= 4 is 17.8 Å². The number of imide groups is 1. The Kier molecular flexibility index (Phi) is 5.79. The van der Waals surface area contributed by atoms with Crippen molar-refractivity contribution in [1.82, 2.24) is 9.80 Å². The number of hydrogen-bond donors (Lipinski definition) is 0. The standard InChI is InChI=1S/C27H30N2O6/c1-5-28-24(30)21-22(25(28)31)27(26(32)35-4)13-6-14-29(27)23(21)17-9-12-19(20(15-17)34-3)16-7-10-18(33-2)11-8-16/h7-12,15,21-23H,5-6,13-14H2,1-4H3/t21-,22-,23+,27-/m0/s1. The van der Waals surface area contributed by atoms with Crippen LogP contribution in [0.5, 0.6) is 11.5 Å². The number of carbonyl (C=O) groups is 3. The fourth-order valence-electron chi connectivity index (χ4n) is 6.47. The van der Waals surface area contributed by atoms with Crippen molar-refractivity contribution in [1.29, 1.82) is 0 Å². The van der Waals surface area contributed by atoms with E-state index in [0.29, 0.717) is 18.7 Å². The van der Waals surface area contributed by atoms with Gasteiger partial charge in [0.15, 0.2) is 0 Å². The molecule has 8 heteroatoms. The Balaban J connectivity index is 1.62. The van der Waals surface area contributed by atoms with Gasteiger partial charge in [-0.15, -0.1) is 0 Å². The smallest absolute Gasteiger partial charge is 0.327 e. The number of hydrogen-bond acceptors (Lipinski definition) is 7. The summed E-state index contributed by atoms with van der Waals surface area (Å²) in [4.78, 5) is 43.5. The Morgan fingerprint density at radius 2 is 1.77 bits per heavy atom. The third-order valence-electron chi connectivity index (χ3n) is 7.93. The lowest BCUT2D eigenvalue weighted by Gasteiger charge is -2.36. The zero-order valence-corrected chi connectivity index (χ0v) is 20.4. The molecule has 0 aliphatic carbocycles. The quantitative estimate of drug-likeness (QED) is 0.466. The Morgan fingerprint density at radius 3 is 2.40 bits per heavy atom. The van der Waals surface area contributed by atoms with Crippen LogP contribution >= 0.6 is 0 Å². The molecule has 35 heavy (non-hydrogen) atoms. The Labute approximate surface area is 204 Å². The van der Waals surface area contributed by atoms with Crippen LogP contribution in [-0.2, 0) is 19.1 Å². The van der Waals surface area contributed by atoms with Gasteiger partial charge in [-0.25, -0.2) is 0 Å². The summed E-state index contributed by atoms with van der Waals surface area (Å²) in [6, 6.07) is 13.2. The maximum Gasteiger partial charge on any atom is 0.327 e. The van der Waals surface area contributed by atoms with Crippen molar-refractivity contribution in [3.63, 3.8) is 0 Å². The molecule has 0 radical (unpaired) electrons. The molecule has 0 saturated carbocycles. The van der Waals surface area contributed by atoms with E-state index in [2.05, 4.69) is 0 Å². The normalized spacial score (nSPS) is 27.7. The zero-order chi connectivity index (χ0) is 24.9. The first kappa shape index (κ1) is 23.4. The van der Waals surface area contributed by atoms with Gasteiger partial charge in [0.2, 0.25) is 11.8 Å². The average Bonchev–Trinajstić information content (AvgIpc) is 3.51. The molecule has 4 atom stereocenters. The SMILES string of the molecule is CCN1C(=O)[C@@H]2[C@@H](c3ccc(-c4ccc(OC)cc4)c(OC)c3)N3CCC[C@@]3(C(=O)OC)[C@@H]2C1=O. The van der Waals surface area contributed by atoms with Gasteiger partial charge < -0.3 is 14.2 Å². The molecule has 2 aromatic rings. The number of nitrogens with zero attached hydrogens (tertiary/aromatic N) is 2. The van der Waals surface area contributed by atoms with E-state index in [1.165, 1.54) is 12.0 Å². The van der Waals surface area contributed by atoms with E-state index >= 15 is 0 Å². The van der Waals surface area contributed by atoms with E-state index in [-0.39, 0.29) is 18.4 Å². The highest BCUT2D eigenvalue weighted by atomic mass is 16.5. The summed E-state index contributed by atoms with van der Waals surface area (Å²) in [5.41, 5.74) is 1.59. The number of likely N-dealkylation sites (tertiary alicyclic amines) is 1. The van der Waals surface area contributed by atoms with E-state index < -0.39 is 29.4 Å². The summed E-state index contributed by atoms with van der Waals surface area (Å²) in [6.07, 6.45) is 1.25. The molecule has 3 saturated heterocycles. The molecule has 0 aromatic heterocycles. The first-order valence-corrected chi connectivity index (χ1v) is 12.0. The third kappa shape index (κ3) is 3.19. The molecular formula is C27H30N2O6. The number of esters is 1. The highest BCUT2D eigenvalue weighted by molar-refractivity contribution is 6.09. The molecular weight excluding hydrogens is 448 g/mol. The summed E-state index contributed by atoms with van der Waals surface area (Å²) in [6.45, 7) is 2.69. The lowest BCUT2D eigenvalue weighted by Crippen LogP contribution is -2.54. The van der Waals surface area contributed by atoms with Crippen molar-refractivity contribution in [3.05, 3.63) is 48.0 Å². The highest BCUT2D eigenvalue weighted by Gasteiger charge is 2.73. The summed E-state index contributed by atoms with van der Waals surface area (Å²) in [7, 11) is 4.59. The minimum absolute atomic E-state index is 0.219. The van der Waals surface area contributed by atoms with Crippen LogP contribution in [0.3, 0.4) is 0 Å². The van der Waals surface area contributed by atoms with E-state index in [4.69, 9.17) is 14.2 Å². The monoisotopic (exact) mass is 478 g/mol. The van der Waals surface area contributed by atoms with Gasteiger partial charge >= 0.3 is 5.97 Å². The number of rotatable bonds is 6. The van der Waals surface area contributed by atoms with E-state index in [0.717, 1.165) is 28.9 Å². The van der Waals surface area contributed by atoms with Crippen molar-refractivity contribution in [2.45, 2.75) is 31.3 Å². The van der Waals surface area contributed by atoms with Crippen LogP contribution in [0.4, 0.5) is 0 Å². The summed E-state index contributed by atoms with van der Waals surface area (Å²) in [5, 5.41) is 0. The highest BCUT2D eigenvalue weighted by Crippen LogP contribution is 2.59. The second kappa shape index (κ2) is 8.68. The van der Waals surface area contributed by atoms with Crippen LogP contribution in [0, 0.1) is 11.8 Å². The predicted molar refractivity (Wildman–Crippen MR) is 128 cm³/mol. The molecule has 5 rings (SSSR count). The Hall–Kier alpha value is -3.39. The molecule has 0 unspecified atom stereocenters. The van der Waals surface area contributed by atoms with Gasteiger partial charge in [-0.1, -0.05) is 24.3 Å². The molecule has 0 bridgehead atoms. The third-order valence-corrected chi connectivity index (χ3v) is 7.93. The average molecular weight is 479 g/mol. The van der Waals surface area contributed by atoms with E-state index in [1.54, 1.807) is 21.1 Å². The maximum absolute atomic E-state index is 13.5. The van der Waals surface area contributed by atoms with Gasteiger partial charge in [0, 0.05) is 18.2 Å². The number of carbonyl (C=O) groups excluding carboxylic acids is 3. The number of methoxy groups -OCH3 is 3. The number of fused-ring (bicyclic) bond motifs is 3. The van der Waals surface area contributed by atoms with Gasteiger partial charge in [-0.05, 0) is 55.6 Å². The molecule has 3 aliphatic heterocycles. The minimum atomic E-state index is -1.12. The molecule has 3 heterocycles. The minimum Gasteiger partial charge on any atom is -0.497 e. The molecule has 3 aliphatic rings. The Morgan fingerprint density at radius 1 is 1.03 bits per heavy atom. The first-order chi connectivity index (χ1) is 16.9. The van der Waals surface area contributed by atoms with Crippen LogP contribution in [0.1, 0.15) is 31.4 Å². The summed E-state index contributed by atoms with van der Waals surface area (Å²) in [5.74, 6) is -0.899. The van der Waals surface area contributed by atoms with E-state index in [9.17, 15) is 14.4 Å². The van der Waals surface area contributed by atoms with Crippen LogP contribution < -0.4 is 9.47 Å². The largest absolute Gasteiger partial charge is 0.497 e. The van der Waals surface area contributed by atoms with Crippen molar-refractivity contribution in [2.24, 2.45) is 11.8 Å². The summed E-state index contributed by atoms with van der Waals surface area (Å²) >= 11 is 0. The summed E-state index contributed by atoms with van der Waals surface area (Å²) < 4.78 is 16.3. The van der Waals surface area contributed by atoms with Gasteiger partial charge in [0.05, 0.1) is 33.2 Å². The lowest BCUT2D eigenvalue weighted by molar-refractivity contribution is -0.159. The van der Waals surface area contributed by atoms with Crippen molar-refractivity contribution in [3.8, 4) is 22.6 Å². The first-order valence-electron chi connectivity index (χ1n) is 12.0. The van der Waals surface area contributed by atoms with Gasteiger partial charge in [0.25, 0.3) is 0 Å². The second-order valence-electron chi connectivity index (χ2n) is 9.27. The predicted octanol–water partition coefficient (Wildman–Crippen LogP) is 3.05. The topological polar surface area (TPSA) is 85.4 Å².